The smallest absolute Gasteiger partial charge is 0.308 e. The summed E-state index contributed by atoms with van der Waals surface area (Å²) in [6, 6.07) is 0. The monoisotopic (exact) mass is 271 g/mol. The normalized spacial score (nSPS) is 16.4. The van der Waals surface area contributed by atoms with Crippen molar-refractivity contribution >= 4 is 11.9 Å². The average Bonchev–Trinajstić information content (AvgIpc) is 3.15. The summed E-state index contributed by atoms with van der Waals surface area (Å²) in [5, 5.41) is 8.95. The van der Waals surface area contributed by atoms with E-state index in [0.29, 0.717) is 19.7 Å². The quantitative estimate of drug-likeness (QED) is 0.649. The molecule has 5 heteroatoms. The zero-order chi connectivity index (χ0) is 14.4. The van der Waals surface area contributed by atoms with E-state index < -0.39 is 11.9 Å². The average molecular weight is 271 g/mol. The molecule has 0 radical (unpaired) electrons. The number of ether oxygens (including phenoxy) is 1. The molecule has 1 fully saturated rings. The van der Waals surface area contributed by atoms with Gasteiger partial charge in [0.15, 0.2) is 0 Å². The third-order valence-corrected chi connectivity index (χ3v) is 3.18. The van der Waals surface area contributed by atoms with Crippen LogP contribution in [0.1, 0.15) is 40.0 Å². The number of nitrogens with zero attached hydrogens (tertiary/aromatic N) is 1. The number of hydrogen-bond donors (Lipinski definition) is 1. The Morgan fingerprint density at radius 3 is 2.42 bits per heavy atom. The van der Waals surface area contributed by atoms with Gasteiger partial charge in [0.1, 0.15) is 0 Å². The van der Waals surface area contributed by atoms with Crippen LogP contribution in [0.15, 0.2) is 0 Å². The fourth-order valence-corrected chi connectivity index (χ4v) is 1.86. The summed E-state index contributed by atoms with van der Waals surface area (Å²) in [5.74, 6) is -1.13. The molecular formula is C14H25NO4. The number of amides is 1. The Kier molecular flexibility index (Phi) is 6.28. The number of aliphatic carboxylic acids is 1. The zero-order valence-corrected chi connectivity index (χ0v) is 12.1. The SMILES string of the molecule is CC(C)OCCCN(CC(C)C(=O)O)C(=O)C1CC1. The van der Waals surface area contributed by atoms with Crippen molar-refractivity contribution in [2.45, 2.75) is 46.1 Å². The largest absolute Gasteiger partial charge is 0.481 e. The molecule has 0 bridgehead atoms. The minimum atomic E-state index is -0.855. The lowest BCUT2D eigenvalue weighted by Crippen LogP contribution is -2.39. The third kappa shape index (κ3) is 6.05. The van der Waals surface area contributed by atoms with Gasteiger partial charge in [-0.2, -0.15) is 0 Å². The fraction of sp³-hybridized carbons (Fsp3) is 0.857. The van der Waals surface area contributed by atoms with Crippen molar-refractivity contribution in [1.29, 1.82) is 0 Å². The second kappa shape index (κ2) is 7.48. The highest BCUT2D eigenvalue weighted by atomic mass is 16.5. The van der Waals surface area contributed by atoms with Gasteiger partial charge in [-0.1, -0.05) is 6.92 Å². The lowest BCUT2D eigenvalue weighted by atomic mass is 10.1. The second-order valence-corrected chi connectivity index (χ2v) is 5.57. The van der Waals surface area contributed by atoms with Crippen molar-refractivity contribution in [3.63, 3.8) is 0 Å². The minimum Gasteiger partial charge on any atom is -0.481 e. The first-order chi connectivity index (χ1) is 8.91. The Labute approximate surface area is 114 Å². The van der Waals surface area contributed by atoms with Gasteiger partial charge in [0.2, 0.25) is 5.91 Å². The molecule has 0 aliphatic heterocycles. The number of hydrogen-bond acceptors (Lipinski definition) is 3. The zero-order valence-electron chi connectivity index (χ0n) is 12.1. The fourth-order valence-electron chi connectivity index (χ4n) is 1.86. The first kappa shape index (κ1) is 16.0. The predicted molar refractivity (Wildman–Crippen MR) is 71.8 cm³/mol. The Balaban J connectivity index is 2.40. The molecule has 1 aliphatic rings. The molecule has 0 heterocycles. The Hall–Kier alpha value is -1.10. The van der Waals surface area contributed by atoms with Crippen LogP contribution in [-0.2, 0) is 14.3 Å². The van der Waals surface area contributed by atoms with Crippen molar-refractivity contribution < 1.29 is 19.4 Å². The standard InChI is InChI=1S/C14H25NO4/c1-10(2)19-8-4-7-15(9-11(3)14(17)18)13(16)12-5-6-12/h10-12H,4-9H2,1-3H3,(H,17,18). The topological polar surface area (TPSA) is 66.8 Å². The van der Waals surface area contributed by atoms with E-state index in [2.05, 4.69) is 0 Å². The van der Waals surface area contributed by atoms with Crippen LogP contribution in [-0.4, -0.2) is 47.7 Å². The molecule has 0 aromatic heterocycles. The molecule has 0 aromatic rings. The molecule has 1 unspecified atom stereocenters. The van der Waals surface area contributed by atoms with E-state index >= 15 is 0 Å². The summed E-state index contributed by atoms with van der Waals surface area (Å²) in [6.07, 6.45) is 2.83. The van der Waals surface area contributed by atoms with Gasteiger partial charge in [-0.25, -0.2) is 0 Å². The molecule has 1 aliphatic carbocycles. The van der Waals surface area contributed by atoms with Crippen LogP contribution in [0.5, 0.6) is 0 Å². The number of carbonyl (C=O) groups excluding carboxylic acids is 1. The van der Waals surface area contributed by atoms with Crippen LogP contribution in [0.4, 0.5) is 0 Å². The Morgan fingerprint density at radius 2 is 1.95 bits per heavy atom. The molecule has 110 valence electrons. The summed E-state index contributed by atoms with van der Waals surface area (Å²) >= 11 is 0. The van der Waals surface area contributed by atoms with Gasteiger partial charge in [0.25, 0.3) is 0 Å². The van der Waals surface area contributed by atoms with E-state index in [1.807, 2.05) is 13.8 Å². The van der Waals surface area contributed by atoms with Crippen molar-refractivity contribution in [2.75, 3.05) is 19.7 Å². The van der Waals surface area contributed by atoms with E-state index in [4.69, 9.17) is 9.84 Å². The van der Waals surface area contributed by atoms with Crippen LogP contribution in [0, 0.1) is 11.8 Å². The van der Waals surface area contributed by atoms with Gasteiger partial charge >= 0.3 is 5.97 Å². The number of carboxylic acids is 1. The lowest BCUT2D eigenvalue weighted by Gasteiger charge is -2.24. The maximum atomic E-state index is 12.1. The summed E-state index contributed by atoms with van der Waals surface area (Å²) < 4.78 is 5.45. The van der Waals surface area contributed by atoms with E-state index in [1.165, 1.54) is 0 Å². The first-order valence-corrected chi connectivity index (χ1v) is 7.05. The summed E-state index contributed by atoms with van der Waals surface area (Å²) in [5.41, 5.74) is 0. The van der Waals surface area contributed by atoms with Gasteiger partial charge in [-0.05, 0) is 33.1 Å². The van der Waals surface area contributed by atoms with Crippen LogP contribution < -0.4 is 0 Å². The van der Waals surface area contributed by atoms with Gasteiger partial charge < -0.3 is 14.7 Å². The number of carboxylic acid groups (broad SMARTS) is 1. The van der Waals surface area contributed by atoms with E-state index in [1.54, 1.807) is 11.8 Å². The summed E-state index contributed by atoms with van der Waals surface area (Å²) in [4.78, 5) is 24.7. The highest BCUT2D eigenvalue weighted by Gasteiger charge is 2.34. The molecule has 5 nitrogen and oxygen atoms in total. The van der Waals surface area contributed by atoms with E-state index in [-0.39, 0.29) is 17.9 Å². The molecule has 1 saturated carbocycles. The summed E-state index contributed by atoms with van der Waals surface area (Å²) in [7, 11) is 0. The van der Waals surface area contributed by atoms with Gasteiger partial charge in [-0.15, -0.1) is 0 Å². The number of rotatable bonds is 9. The number of carbonyl (C=O) groups is 2. The van der Waals surface area contributed by atoms with Crippen LogP contribution in [0.25, 0.3) is 0 Å². The molecule has 1 rings (SSSR count). The first-order valence-electron chi connectivity index (χ1n) is 7.05. The minimum absolute atomic E-state index is 0.109. The molecule has 1 atom stereocenters. The van der Waals surface area contributed by atoms with E-state index in [0.717, 1.165) is 19.3 Å². The van der Waals surface area contributed by atoms with Crippen LogP contribution in [0.3, 0.4) is 0 Å². The maximum absolute atomic E-state index is 12.1. The molecule has 0 aromatic carbocycles. The maximum Gasteiger partial charge on any atom is 0.308 e. The van der Waals surface area contributed by atoms with Gasteiger partial charge in [-0.3, -0.25) is 9.59 Å². The van der Waals surface area contributed by atoms with Crippen molar-refractivity contribution in [3.05, 3.63) is 0 Å². The second-order valence-electron chi connectivity index (χ2n) is 5.57. The molecule has 19 heavy (non-hydrogen) atoms. The van der Waals surface area contributed by atoms with Crippen molar-refractivity contribution in [3.8, 4) is 0 Å². The predicted octanol–water partition coefficient (Wildman–Crippen LogP) is 1.76. The van der Waals surface area contributed by atoms with Crippen LogP contribution >= 0.6 is 0 Å². The summed E-state index contributed by atoms with van der Waals surface area (Å²) in [6.45, 7) is 7.07. The highest BCUT2D eigenvalue weighted by molar-refractivity contribution is 5.81. The molecular weight excluding hydrogens is 246 g/mol. The molecule has 1 N–H and O–H groups in total. The van der Waals surface area contributed by atoms with Gasteiger partial charge in [0, 0.05) is 25.6 Å². The van der Waals surface area contributed by atoms with E-state index in [9.17, 15) is 9.59 Å². The molecule has 1 amide bonds. The van der Waals surface area contributed by atoms with Crippen molar-refractivity contribution in [2.24, 2.45) is 11.8 Å². The van der Waals surface area contributed by atoms with Crippen LogP contribution in [0.2, 0.25) is 0 Å². The third-order valence-electron chi connectivity index (χ3n) is 3.18. The highest BCUT2D eigenvalue weighted by Crippen LogP contribution is 2.31. The van der Waals surface area contributed by atoms with Crippen molar-refractivity contribution in [1.82, 2.24) is 4.90 Å². The molecule has 0 spiro atoms. The Bertz CT molecular complexity index is 313. The lowest BCUT2D eigenvalue weighted by molar-refractivity contribution is -0.143. The Morgan fingerprint density at radius 1 is 1.32 bits per heavy atom. The molecule has 0 saturated heterocycles. The van der Waals surface area contributed by atoms with Gasteiger partial charge in [0.05, 0.1) is 12.0 Å².